The second kappa shape index (κ2) is 5.03. The Labute approximate surface area is 88.1 Å². The summed E-state index contributed by atoms with van der Waals surface area (Å²) < 4.78 is 24.5. The predicted octanol–water partition coefficient (Wildman–Crippen LogP) is 3.41. The predicted molar refractivity (Wildman–Crippen MR) is 56.7 cm³/mol. The van der Waals surface area contributed by atoms with Crippen molar-refractivity contribution in [1.29, 1.82) is 0 Å². The molecule has 1 aromatic rings. The molecule has 0 heterocycles. The first-order valence-electron chi connectivity index (χ1n) is 4.75. The second-order valence-electron chi connectivity index (χ2n) is 3.53. The summed E-state index contributed by atoms with van der Waals surface area (Å²) in [5, 5.41) is 9.24. The third-order valence-corrected chi connectivity index (χ3v) is 2.24. The Kier molecular flexibility index (Phi) is 3.97. The van der Waals surface area contributed by atoms with Crippen LogP contribution in [-0.4, -0.2) is 11.2 Å². The molecule has 82 valence electrons. The van der Waals surface area contributed by atoms with E-state index in [0.29, 0.717) is 0 Å². The Morgan fingerprint density at radius 3 is 2.20 bits per heavy atom. The van der Waals surface area contributed by atoms with Gasteiger partial charge in [-0.05, 0) is 25.0 Å². The van der Waals surface area contributed by atoms with E-state index in [9.17, 15) is 13.9 Å². The molecule has 1 nitrogen and oxygen atoms in total. The maximum atomic E-state index is 12.2. The Bertz CT molecular complexity index is 339. The molecule has 0 radical (unpaired) electrons. The van der Waals surface area contributed by atoms with E-state index >= 15 is 0 Å². The highest BCUT2D eigenvalue weighted by atomic mass is 19.3. The molecule has 0 saturated heterocycles. The van der Waals surface area contributed by atoms with Gasteiger partial charge < -0.3 is 5.11 Å². The van der Waals surface area contributed by atoms with Gasteiger partial charge in [-0.15, -0.1) is 0 Å². The van der Waals surface area contributed by atoms with Gasteiger partial charge in [0.2, 0.25) is 0 Å². The van der Waals surface area contributed by atoms with Gasteiger partial charge in [0.15, 0.2) is 0 Å². The quantitative estimate of drug-likeness (QED) is 0.814. The van der Waals surface area contributed by atoms with Crippen LogP contribution in [0.25, 0.3) is 6.08 Å². The van der Waals surface area contributed by atoms with Crippen LogP contribution in [0.2, 0.25) is 0 Å². The van der Waals surface area contributed by atoms with E-state index in [2.05, 4.69) is 0 Å². The molecule has 1 atom stereocenters. The van der Waals surface area contributed by atoms with Crippen LogP contribution in [0.1, 0.15) is 31.4 Å². The lowest BCUT2D eigenvalue weighted by molar-refractivity contribution is 0.151. The zero-order valence-corrected chi connectivity index (χ0v) is 8.74. The second-order valence-corrected chi connectivity index (χ2v) is 3.53. The monoisotopic (exact) mass is 212 g/mol. The van der Waals surface area contributed by atoms with Gasteiger partial charge in [-0.2, -0.15) is 0 Å². The average molecular weight is 212 g/mol. The van der Waals surface area contributed by atoms with E-state index in [1.54, 1.807) is 32.1 Å². The molecule has 0 aliphatic heterocycles. The average Bonchev–Trinajstić information content (AvgIpc) is 2.18. The SMILES string of the molecule is C/C(=C\c1ccc(C(F)F)cc1)C(C)O. The highest BCUT2D eigenvalue weighted by Crippen LogP contribution is 2.19. The number of halogens is 2. The molecule has 1 rings (SSSR count). The standard InChI is InChI=1S/C12H14F2O/c1-8(9(2)15)7-10-3-5-11(6-4-10)12(13)14/h3-7,9,12,15H,1-2H3/b8-7+. The van der Waals surface area contributed by atoms with E-state index < -0.39 is 12.5 Å². The highest BCUT2D eigenvalue weighted by molar-refractivity contribution is 5.53. The van der Waals surface area contributed by atoms with Crippen LogP contribution in [-0.2, 0) is 0 Å². The Balaban J connectivity index is 2.85. The summed E-state index contributed by atoms with van der Waals surface area (Å²) in [6.07, 6.45) is -1.17. The summed E-state index contributed by atoms with van der Waals surface area (Å²) >= 11 is 0. The number of hydrogen-bond donors (Lipinski definition) is 1. The molecule has 0 aliphatic rings. The first kappa shape index (κ1) is 11.9. The van der Waals surface area contributed by atoms with E-state index in [1.165, 1.54) is 12.1 Å². The smallest absolute Gasteiger partial charge is 0.263 e. The van der Waals surface area contributed by atoms with Crippen LogP contribution in [0.5, 0.6) is 0 Å². The summed E-state index contributed by atoms with van der Waals surface area (Å²) in [7, 11) is 0. The summed E-state index contributed by atoms with van der Waals surface area (Å²) in [5.41, 5.74) is 1.64. The number of aliphatic hydroxyl groups excluding tert-OH is 1. The van der Waals surface area contributed by atoms with E-state index in [4.69, 9.17) is 0 Å². The van der Waals surface area contributed by atoms with Crippen LogP contribution >= 0.6 is 0 Å². The minimum Gasteiger partial charge on any atom is -0.389 e. The van der Waals surface area contributed by atoms with E-state index in [0.717, 1.165) is 11.1 Å². The van der Waals surface area contributed by atoms with Gasteiger partial charge >= 0.3 is 0 Å². The normalized spacial score (nSPS) is 14.4. The van der Waals surface area contributed by atoms with Gasteiger partial charge in [-0.25, -0.2) is 8.78 Å². The third-order valence-electron chi connectivity index (χ3n) is 2.24. The Morgan fingerprint density at radius 2 is 1.80 bits per heavy atom. The lowest BCUT2D eigenvalue weighted by Crippen LogP contribution is -2.00. The first-order valence-corrected chi connectivity index (χ1v) is 4.75. The molecule has 15 heavy (non-hydrogen) atoms. The van der Waals surface area contributed by atoms with Crippen LogP contribution in [0, 0.1) is 0 Å². The highest BCUT2D eigenvalue weighted by Gasteiger charge is 2.05. The van der Waals surface area contributed by atoms with Crippen molar-refractivity contribution < 1.29 is 13.9 Å². The zero-order valence-electron chi connectivity index (χ0n) is 8.74. The van der Waals surface area contributed by atoms with Crippen molar-refractivity contribution in [3.63, 3.8) is 0 Å². The van der Waals surface area contributed by atoms with Crippen molar-refractivity contribution in [2.45, 2.75) is 26.4 Å². The molecule has 1 N–H and O–H groups in total. The van der Waals surface area contributed by atoms with Crippen molar-refractivity contribution in [3.8, 4) is 0 Å². The number of alkyl halides is 2. The van der Waals surface area contributed by atoms with Gasteiger partial charge in [0.05, 0.1) is 6.10 Å². The Hall–Kier alpha value is -1.22. The van der Waals surface area contributed by atoms with Gasteiger partial charge in [0.25, 0.3) is 6.43 Å². The Morgan fingerprint density at radius 1 is 1.27 bits per heavy atom. The van der Waals surface area contributed by atoms with Crippen molar-refractivity contribution in [3.05, 3.63) is 41.0 Å². The van der Waals surface area contributed by atoms with Crippen molar-refractivity contribution in [2.24, 2.45) is 0 Å². The lowest BCUT2D eigenvalue weighted by Gasteiger charge is -2.04. The van der Waals surface area contributed by atoms with Crippen molar-refractivity contribution in [1.82, 2.24) is 0 Å². The maximum absolute atomic E-state index is 12.2. The molecule has 0 fully saturated rings. The first-order chi connectivity index (χ1) is 7.00. The molecule has 0 amide bonds. The van der Waals surface area contributed by atoms with Crippen LogP contribution < -0.4 is 0 Å². The minimum absolute atomic E-state index is 0.0156. The number of benzene rings is 1. The molecule has 0 saturated carbocycles. The summed E-state index contributed by atoms with van der Waals surface area (Å²) in [4.78, 5) is 0. The van der Waals surface area contributed by atoms with Crippen LogP contribution in [0.4, 0.5) is 8.78 Å². The molecule has 3 heteroatoms. The van der Waals surface area contributed by atoms with Crippen molar-refractivity contribution >= 4 is 6.08 Å². The molecule has 1 unspecified atom stereocenters. The number of rotatable bonds is 3. The fraction of sp³-hybridized carbons (Fsp3) is 0.333. The maximum Gasteiger partial charge on any atom is 0.263 e. The fourth-order valence-corrected chi connectivity index (χ4v) is 1.12. The summed E-state index contributed by atoms with van der Waals surface area (Å²) in [6, 6.07) is 6.03. The van der Waals surface area contributed by atoms with E-state index in [1.807, 2.05) is 0 Å². The third kappa shape index (κ3) is 3.44. The van der Waals surface area contributed by atoms with Crippen molar-refractivity contribution in [2.75, 3.05) is 0 Å². The van der Waals surface area contributed by atoms with Gasteiger partial charge in [-0.1, -0.05) is 30.3 Å². The van der Waals surface area contributed by atoms with E-state index in [-0.39, 0.29) is 5.56 Å². The molecule has 0 spiro atoms. The minimum atomic E-state index is -2.43. The fourth-order valence-electron chi connectivity index (χ4n) is 1.12. The lowest BCUT2D eigenvalue weighted by atomic mass is 10.1. The van der Waals surface area contributed by atoms with Crippen LogP contribution in [0.3, 0.4) is 0 Å². The van der Waals surface area contributed by atoms with Gasteiger partial charge in [0.1, 0.15) is 0 Å². The molecule has 0 aliphatic carbocycles. The van der Waals surface area contributed by atoms with Gasteiger partial charge in [-0.3, -0.25) is 0 Å². The number of aliphatic hydroxyl groups is 1. The molecule has 1 aromatic carbocycles. The van der Waals surface area contributed by atoms with Gasteiger partial charge in [0, 0.05) is 5.56 Å². The molecule has 0 aromatic heterocycles. The largest absolute Gasteiger partial charge is 0.389 e. The zero-order chi connectivity index (χ0) is 11.4. The molecular formula is C12H14F2O. The summed E-state index contributed by atoms with van der Waals surface area (Å²) in [5.74, 6) is 0. The number of hydrogen-bond acceptors (Lipinski definition) is 1. The van der Waals surface area contributed by atoms with Crippen LogP contribution in [0.15, 0.2) is 29.8 Å². The molecular weight excluding hydrogens is 198 g/mol. The molecule has 0 bridgehead atoms. The summed E-state index contributed by atoms with van der Waals surface area (Å²) in [6.45, 7) is 3.46. The topological polar surface area (TPSA) is 20.2 Å².